The molecule has 1 fully saturated rings. The standard InChI is InChI=1S/C10H19NO3/c1-9(2,3)14-8(12)11-10(4,13)7-5-6-7/h7,13H,5-6H2,1-4H3,(H,11,12). The van der Waals surface area contributed by atoms with Crippen LogP contribution in [-0.2, 0) is 4.74 Å². The number of nitrogens with one attached hydrogen (secondary N) is 1. The summed E-state index contributed by atoms with van der Waals surface area (Å²) in [6.07, 6.45) is 1.36. The summed E-state index contributed by atoms with van der Waals surface area (Å²) >= 11 is 0. The topological polar surface area (TPSA) is 58.6 Å². The van der Waals surface area contributed by atoms with Crippen molar-refractivity contribution in [2.24, 2.45) is 5.92 Å². The summed E-state index contributed by atoms with van der Waals surface area (Å²) < 4.78 is 5.04. The van der Waals surface area contributed by atoms with E-state index in [1.807, 2.05) is 0 Å². The third-order valence-corrected chi connectivity index (χ3v) is 2.13. The van der Waals surface area contributed by atoms with Crippen LogP contribution < -0.4 is 5.32 Å². The molecule has 1 saturated carbocycles. The van der Waals surface area contributed by atoms with Gasteiger partial charge in [-0.2, -0.15) is 0 Å². The second-order valence-electron chi connectivity index (χ2n) is 5.05. The van der Waals surface area contributed by atoms with Crippen LogP contribution in [0.15, 0.2) is 0 Å². The minimum absolute atomic E-state index is 0.176. The molecule has 82 valence electrons. The molecule has 1 atom stereocenters. The van der Waals surface area contributed by atoms with Gasteiger partial charge in [0.15, 0.2) is 0 Å². The molecule has 4 heteroatoms. The molecule has 4 nitrogen and oxygen atoms in total. The number of carbonyl (C=O) groups excluding carboxylic acids is 1. The smallest absolute Gasteiger partial charge is 0.409 e. The molecule has 0 heterocycles. The Morgan fingerprint density at radius 1 is 1.36 bits per heavy atom. The van der Waals surface area contributed by atoms with Gasteiger partial charge in [0.05, 0.1) is 0 Å². The third kappa shape index (κ3) is 3.54. The van der Waals surface area contributed by atoms with Crippen LogP contribution in [0.4, 0.5) is 4.79 Å². The van der Waals surface area contributed by atoms with Gasteiger partial charge in [-0.05, 0) is 40.5 Å². The van der Waals surface area contributed by atoms with E-state index in [9.17, 15) is 9.90 Å². The number of alkyl carbamates (subject to hydrolysis) is 1. The van der Waals surface area contributed by atoms with E-state index < -0.39 is 17.4 Å². The molecule has 2 N–H and O–H groups in total. The number of carbonyl (C=O) groups is 1. The molecule has 0 radical (unpaired) electrons. The van der Waals surface area contributed by atoms with Crippen molar-refractivity contribution in [1.82, 2.24) is 5.32 Å². The van der Waals surface area contributed by atoms with E-state index in [1.54, 1.807) is 27.7 Å². The predicted molar refractivity (Wildman–Crippen MR) is 52.7 cm³/mol. The average molecular weight is 201 g/mol. The zero-order valence-electron chi connectivity index (χ0n) is 9.26. The van der Waals surface area contributed by atoms with Gasteiger partial charge in [0.2, 0.25) is 0 Å². The molecule has 1 unspecified atom stereocenters. The predicted octanol–water partition coefficient (Wildman–Crippen LogP) is 1.63. The zero-order valence-corrected chi connectivity index (χ0v) is 9.26. The van der Waals surface area contributed by atoms with Crippen molar-refractivity contribution in [2.45, 2.75) is 51.9 Å². The van der Waals surface area contributed by atoms with Crippen molar-refractivity contribution in [2.75, 3.05) is 0 Å². The van der Waals surface area contributed by atoms with Gasteiger partial charge in [-0.25, -0.2) is 4.79 Å². The van der Waals surface area contributed by atoms with Gasteiger partial charge in [-0.1, -0.05) is 0 Å². The first-order chi connectivity index (χ1) is 6.21. The summed E-state index contributed by atoms with van der Waals surface area (Å²) in [5.41, 5.74) is -1.65. The first-order valence-corrected chi connectivity index (χ1v) is 4.94. The Kier molecular flexibility index (Phi) is 2.76. The number of rotatable bonds is 2. The van der Waals surface area contributed by atoms with Crippen molar-refractivity contribution < 1.29 is 14.6 Å². The van der Waals surface area contributed by atoms with Crippen LogP contribution in [0.2, 0.25) is 0 Å². The van der Waals surface area contributed by atoms with Gasteiger partial charge in [0, 0.05) is 5.92 Å². The summed E-state index contributed by atoms with van der Waals surface area (Å²) in [4.78, 5) is 11.3. The molecule has 1 rings (SSSR count). The molecule has 0 saturated heterocycles. The summed E-state index contributed by atoms with van der Waals surface area (Å²) in [5.74, 6) is 0.176. The minimum Gasteiger partial charge on any atom is -0.444 e. The summed E-state index contributed by atoms with van der Waals surface area (Å²) in [6.45, 7) is 6.98. The number of amides is 1. The summed E-state index contributed by atoms with van der Waals surface area (Å²) in [7, 11) is 0. The number of aliphatic hydroxyl groups is 1. The van der Waals surface area contributed by atoms with Crippen LogP contribution >= 0.6 is 0 Å². The second kappa shape index (κ2) is 3.42. The van der Waals surface area contributed by atoms with Gasteiger partial charge < -0.3 is 9.84 Å². The van der Waals surface area contributed by atoms with Gasteiger partial charge in [-0.15, -0.1) is 0 Å². The lowest BCUT2D eigenvalue weighted by molar-refractivity contribution is -0.0159. The van der Waals surface area contributed by atoms with Crippen LogP contribution in [0.3, 0.4) is 0 Å². The van der Waals surface area contributed by atoms with E-state index in [2.05, 4.69) is 5.32 Å². The van der Waals surface area contributed by atoms with E-state index in [4.69, 9.17) is 4.74 Å². The van der Waals surface area contributed by atoms with E-state index in [-0.39, 0.29) is 5.92 Å². The minimum atomic E-state index is -1.12. The molecule has 1 aliphatic rings. The molecule has 0 aliphatic heterocycles. The fourth-order valence-corrected chi connectivity index (χ4v) is 1.26. The largest absolute Gasteiger partial charge is 0.444 e. The molecule has 0 bridgehead atoms. The average Bonchev–Trinajstić information content (AvgIpc) is 2.57. The second-order valence-corrected chi connectivity index (χ2v) is 5.05. The molecule has 1 amide bonds. The zero-order chi connectivity index (χ0) is 11.0. The Morgan fingerprint density at radius 3 is 2.21 bits per heavy atom. The fourth-order valence-electron chi connectivity index (χ4n) is 1.26. The Bertz CT molecular complexity index is 226. The first-order valence-electron chi connectivity index (χ1n) is 4.94. The first kappa shape index (κ1) is 11.3. The lowest BCUT2D eigenvalue weighted by atomic mass is 10.1. The monoisotopic (exact) mass is 201 g/mol. The lowest BCUT2D eigenvalue weighted by Gasteiger charge is -2.27. The van der Waals surface area contributed by atoms with Gasteiger partial charge in [-0.3, -0.25) is 5.32 Å². The molecule has 0 aromatic heterocycles. The van der Waals surface area contributed by atoms with Crippen molar-refractivity contribution >= 4 is 6.09 Å². The molecule has 0 aromatic rings. The molecule has 0 spiro atoms. The van der Waals surface area contributed by atoms with E-state index in [1.165, 1.54) is 0 Å². The maximum atomic E-state index is 11.3. The van der Waals surface area contributed by atoms with E-state index >= 15 is 0 Å². The number of hydrogen-bond donors (Lipinski definition) is 2. The number of ether oxygens (including phenoxy) is 1. The molecule has 0 aromatic carbocycles. The fraction of sp³-hybridized carbons (Fsp3) is 0.900. The maximum Gasteiger partial charge on any atom is 0.409 e. The highest BCUT2D eigenvalue weighted by Gasteiger charge is 2.41. The molecular weight excluding hydrogens is 182 g/mol. The van der Waals surface area contributed by atoms with Crippen molar-refractivity contribution in [3.05, 3.63) is 0 Å². The summed E-state index contributed by atoms with van der Waals surface area (Å²) in [5, 5.41) is 12.3. The Balaban J connectivity index is 2.40. The molecule has 14 heavy (non-hydrogen) atoms. The third-order valence-electron chi connectivity index (χ3n) is 2.13. The van der Waals surface area contributed by atoms with Crippen LogP contribution in [0.1, 0.15) is 40.5 Å². The molecule has 1 aliphatic carbocycles. The van der Waals surface area contributed by atoms with Crippen LogP contribution in [0, 0.1) is 5.92 Å². The Hall–Kier alpha value is -0.770. The highest BCUT2D eigenvalue weighted by molar-refractivity contribution is 5.68. The normalized spacial score (nSPS) is 21.2. The van der Waals surface area contributed by atoms with Gasteiger partial charge in [0.25, 0.3) is 0 Å². The van der Waals surface area contributed by atoms with Crippen LogP contribution in [-0.4, -0.2) is 22.5 Å². The lowest BCUT2D eigenvalue weighted by Crippen LogP contribution is -2.49. The van der Waals surface area contributed by atoms with Gasteiger partial charge >= 0.3 is 6.09 Å². The highest BCUT2D eigenvalue weighted by Crippen LogP contribution is 2.37. The summed E-state index contributed by atoms with van der Waals surface area (Å²) in [6, 6.07) is 0. The Labute approximate surface area is 84.6 Å². The van der Waals surface area contributed by atoms with Crippen LogP contribution in [0.25, 0.3) is 0 Å². The van der Waals surface area contributed by atoms with E-state index in [0.29, 0.717) is 0 Å². The van der Waals surface area contributed by atoms with Crippen LogP contribution in [0.5, 0.6) is 0 Å². The number of hydrogen-bond acceptors (Lipinski definition) is 3. The van der Waals surface area contributed by atoms with Crippen molar-refractivity contribution in [1.29, 1.82) is 0 Å². The van der Waals surface area contributed by atoms with Crippen molar-refractivity contribution in [3.63, 3.8) is 0 Å². The Morgan fingerprint density at radius 2 is 1.86 bits per heavy atom. The quantitative estimate of drug-likeness (QED) is 0.667. The maximum absolute atomic E-state index is 11.3. The van der Waals surface area contributed by atoms with Crippen molar-refractivity contribution in [3.8, 4) is 0 Å². The van der Waals surface area contributed by atoms with Gasteiger partial charge in [0.1, 0.15) is 11.3 Å². The van der Waals surface area contributed by atoms with E-state index in [0.717, 1.165) is 12.8 Å². The highest BCUT2D eigenvalue weighted by atomic mass is 16.6. The SMILES string of the molecule is CC(C)(C)OC(=O)NC(C)(O)C1CC1. The molecular formula is C10H19NO3.